The van der Waals surface area contributed by atoms with E-state index >= 15 is 0 Å². The van der Waals surface area contributed by atoms with Crippen LogP contribution < -0.4 is 9.47 Å². The third kappa shape index (κ3) is 2.34. The Balaban J connectivity index is 2.26. The largest absolute Gasteiger partial charge is 0.618 e. The Morgan fingerprint density at radius 1 is 1.24 bits per heavy atom. The number of ether oxygens (including phenoxy) is 1. The second kappa shape index (κ2) is 4.64. The van der Waals surface area contributed by atoms with Gasteiger partial charge in [0.1, 0.15) is 11.4 Å². The lowest BCUT2D eigenvalue weighted by molar-refractivity contribution is -0.608. The average molecular weight is 278 g/mol. The highest BCUT2D eigenvalue weighted by Gasteiger charge is 2.30. The molecule has 3 rings (SSSR count). The Kier molecular flexibility index (Phi) is 2.91. The Morgan fingerprint density at radius 2 is 2.05 bits per heavy atom. The molecule has 1 aromatic heterocycles. The highest BCUT2D eigenvalue weighted by molar-refractivity contribution is 5.82. The second-order valence-corrected chi connectivity index (χ2v) is 5.50. The van der Waals surface area contributed by atoms with Gasteiger partial charge in [-0.25, -0.2) is 0 Å². The summed E-state index contributed by atoms with van der Waals surface area (Å²) in [6.07, 6.45) is 3.38. The summed E-state index contributed by atoms with van der Waals surface area (Å²) in [7, 11) is 0. The molecule has 1 aliphatic rings. The van der Waals surface area contributed by atoms with Crippen molar-refractivity contribution >= 4 is 5.57 Å². The summed E-state index contributed by atoms with van der Waals surface area (Å²) in [5.41, 5.74) is 2.12. The Bertz CT molecular complexity index is 786. The molecule has 0 bridgehead atoms. The molecule has 0 aliphatic carbocycles. The van der Waals surface area contributed by atoms with Crippen LogP contribution in [-0.4, -0.2) is 5.60 Å². The van der Waals surface area contributed by atoms with E-state index in [1.807, 2.05) is 26.0 Å². The number of nitrogens with zero attached hydrogens (tertiary/aromatic N) is 2. The standard InChI is InChI=1S/C17H14N2O2/c1-17(2)10-14(15-5-3-4-8-19(15)20)13-9-12(11-18)6-7-16(13)21-17/h3-10H,1-2H3. The first-order valence-electron chi connectivity index (χ1n) is 6.65. The lowest BCUT2D eigenvalue weighted by Gasteiger charge is -2.30. The zero-order valence-electron chi connectivity index (χ0n) is 11.8. The predicted octanol–water partition coefficient (Wildman–Crippen LogP) is 2.79. The molecule has 104 valence electrons. The van der Waals surface area contributed by atoms with Crippen LogP contribution in [0.25, 0.3) is 5.57 Å². The fourth-order valence-electron chi connectivity index (χ4n) is 2.49. The molecule has 0 radical (unpaired) electrons. The summed E-state index contributed by atoms with van der Waals surface area (Å²) < 4.78 is 6.74. The van der Waals surface area contributed by atoms with E-state index in [2.05, 4.69) is 6.07 Å². The van der Waals surface area contributed by atoms with Gasteiger partial charge in [-0.05, 0) is 44.2 Å². The lowest BCUT2D eigenvalue weighted by atomic mass is 9.91. The van der Waals surface area contributed by atoms with Crippen LogP contribution in [0.3, 0.4) is 0 Å². The minimum atomic E-state index is -0.515. The molecule has 0 atom stereocenters. The molecule has 2 aromatic rings. The summed E-state index contributed by atoms with van der Waals surface area (Å²) >= 11 is 0. The van der Waals surface area contributed by atoms with Crippen LogP contribution in [0.4, 0.5) is 0 Å². The number of pyridine rings is 1. The van der Waals surface area contributed by atoms with Gasteiger partial charge in [-0.3, -0.25) is 0 Å². The van der Waals surface area contributed by atoms with Crippen molar-refractivity contribution in [2.45, 2.75) is 19.4 Å². The van der Waals surface area contributed by atoms with E-state index in [1.54, 1.807) is 30.3 Å². The van der Waals surface area contributed by atoms with Gasteiger partial charge in [0.15, 0.2) is 6.20 Å². The van der Waals surface area contributed by atoms with E-state index in [0.717, 1.165) is 15.9 Å². The monoisotopic (exact) mass is 278 g/mol. The van der Waals surface area contributed by atoms with Gasteiger partial charge in [-0.2, -0.15) is 9.99 Å². The quantitative estimate of drug-likeness (QED) is 0.595. The van der Waals surface area contributed by atoms with E-state index in [-0.39, 0.29) is 0 Å². The molecule has 1 aliphatic heterocycles. The zero-order chi connectivity index (χ0) is 15.0. The smallest absolute Gasteiger partial charge is 0.224 e. The molecule has 2 heterocycles. The number of benzene rings is 1. The Hall–Kier alpha value is -2.80. The molecular formula is C17H14N2O2. The molecule has 0 amide bonds. The van der Waals surface area contributed by atoms with Crippen molar-refractivity contribution in [2.75, 3.05) is 0 Å². The maximum absolute atomic E-state index is 12.1. The lowest BCUT2D eigenvalue weighted by Crippen LogP contribution is -2.34. The van der Waals surface area contributed by atoms with Gasteiger partial charge < -0.3 is 9.94 Å². The van der Waals surface area contributed by atoms with Crippen LogP contribution in [0.1, 0.15) is 30.7 Å². The van der Waals surface area contributed by atoms with Gasteiger partial charge in [0, 0.05) is 17.7 Å². The molecule has 0 saturated carbocycles. The first kappa shape index (κ1) is 13.2. The first-order valence-corrected chi connectivity index (χ1v) is 6.65. The fraction of sp³-hybridized carbons (Fsp3) is 0.176. The molecule has 1 aromatic carbocycles. The molecule has 21 heavy (non-hydrogen) atoms. The van der Waals surface area contributed by atoms with Crippen LogP contribution >= 0.6 is 0 Å². The summed E-state index contributed by atoms with van der Waals surface area (Å²) in [5, 5.41) is 21.1. The predicted molar refractivity (Wildman–Crippen MR) is 78.3 cm³/mol. The number of rotatable bonds is 1. The SMILES string of the molecule is CC1(C)C=C(c2cccc[n+]2[O-])c2cc(C#N)ccc2O1. The molecule has 0 saturated heterocycles. The number of aromatic nitrogens is 1. The van der Waals surface area contributed by atoms with Crippen molar-refractivity contribution in [1.29, 1.82) is 5.26 Å². The van der Waals surface area contributed by atoms with Crippen LogP contribution in [0.15, 0.2) is 48.7 Å². The summed E-state index contributed by atoms with van der Waals surface area (Å²) in [6, 6.07) is 12.6. The molecule has 0 N–H and O–H groups in total. The van der Waals surface area contributed by atoms with Crippen molar-refractivity contribution in [3.8, 4) is 11.8 Å². The highest BCUT2D eigenvalue weighted by Crippen LogP contribution is 2.38. The first-order chi connectivity index (χ1) is 10.00. The highest BCUT2D eigenvalue weighted by atomic mass is 16.5. The number of hydrogen-bond donors (Lipinski definition) is 0. The van der Waals surface area contributed by atoms with E-state index < -0.39 is 5.60 Å². The van der Waals surface area contributed by atoms with Crippen molar-refractivity contribution in [1.82, 2.24) is 0 Å². The third-order valence-corrected chi connectivity index (χ3v) is 3.36. The number of hydrogen-bond acceptors (Lipinski definition) is 3. The van der Waals surface area contributed by atoms with E-state index in [9.17, 15) is 5.21 Å². The van der Waals surface area contributed by atoms with Crippen molar-refractivity contribution < 1.29 is 9.47 Å². The Morgan fingerprint density at radius 3 is 2.76 bits per heavy atom. The van der Waals surface area contributed by atoms with Gasteiger partial charge in [0.2, 0.25) is 5.69 Å². The van der Waals surface area contributed by atoms with Crippen molar-refractivity contribution in [3.63, 3.8) is 0 Å². The van der Waals surface area contributed by atoms with Crippen molar-refractivity contribution in [2.24, 2.45) is 0 Å². The molecule has 0 fully saturated rings. The molecule has 0 spiro atoms. The van der Waals surface area contributed by atoms with Gasteiger partial charge >= 0.3 is 0 Å². The summed E-state index contributed by atoms with van der Waals surface area (Å²) in [4.78, 5) is 0. The van der Waals surface area contributed by atoms with Crippen LogP contribution in [-0.2, 0) is 0 Å². The topological polar surface area (TPSA) is 60.0 Å². The summed E-state index contributed by atoms with van der Waals surface area (Å²) in [6.45, 7) is 3.87. The molecular weight excluding hydrogens is 264 g/mol. The molecule has 4 heteroatoms. The second-order valence-electron chi connectivity index (χ2n) is 5.50. The van der Waals surface area contributed by atoms with Crippen LogP contribution in [0.2, 0.25) is 0 Å². The minimum absolute atomic E-state index is 0.515. The van der Waals surface area contributed by atoms with Crippen molar-refractivity contribution in [3.05, 3.63) is 70.7 Å². The van der Waals surface area contributed by atoms with Gasteiger partial charge in [0.05, 0.1) is 17.2 Å². The normalized spacial score (nSPS) is 15.4. The van der Waals surface area contributed by atoms with E-state index in [0.29, 0.717) is 17.0 Å². The Labute approximate surface area is 123 Å². The maximum Gasteiger partial charge on any atom is 0.224 e. The van der Waals surface area contributed by atoms with Gasteiger partial charge in [-0.15, -0.1) is 0 Å². The zero-order valence-corrected chi connectivity index (χ0v) is 11.8. The van der Waals surface area contributed by atoms with Gasteiger partial charge in [0.25, 0.3) is 0 Å². The fourth-order valence-corrected chi connectivity index (χ4v) is 2.49. The summed E-state index contributed by atoms with van der Waals surface area (Å²) in [5.74, 6) is 0.681. The maximum atomic E-state index is 12.1. The number of fused-ring (bicyclic) bond motifs is 1. The van der Waals surface area contributed by atoms with Crippen LogP contribution in [0, 0.1) is 16.5 Å². The van der Waals surface area contributed by atoms with Crippen LogP contribution in [0.5, 0.6) is 5.75 Å². The number of nitriles is 1. The van der Waals surface area contributed by atoms with Gasteiger partial charge in [-0.1, -0.05) is 0 Å². The van der Waals surface area contributed by atoms with E-state index in [4.69, 9.17) is 10.00 Å². The minimum Gasteiger partial charge on any atom is -0.618 e. The molecule has 0 unspecified atom stereocenters. The van der Waals surface area contributed by atoms with E-state index in [1.165, 1.54) is 6.20 Å². The molecule has 4 nitrogen and oxygen atoms in total. The average Bonchev–Trinajstić information content (AvgIpc) is 2.46. The third-order valence-electron chi connectivity index (χ3n) is 3.36.